The molecule has 2 aromatic carbocycles. The predicted molar refractivity (Wildman–Crippen MR) is 148 cm³/mol. The number of carbonyl (C=O) groups excluding carboxylic acids is 1. The summed E-state index contributed by atoms with van der Waals surface area (Å²) in [6.07, 6.45) is 5.38. The van der Waals surface area contributed by atoms with Gasteiger partial charge in [0.05, 0.1) is 47.9 Å². The van der Waals surface area contributed by atoms with E-state index in [1.165, 1.54) is 11.2 Å². The van der Waals surface area contributed by atoms with Crippen molar-refractivity contribution in [3.05, 3.63) is 59.9 Å². The zero-order chi connectivity index (χ0) is 26.6. The molecule has 0 unspecified atom stereocenters. The molecule has 38 heavy (non-hydrogen) atoms. The highest BCUT2D eigenvalue weighted by Crippen LogP contribution is 2.39. The second kappa shape index (κ2) is 9.02. The van der Waals surface area contributed by atoms with Crippen molar-refractivity contribution < 1.29 is 14.6 Å². The van der Waals surface area contributed by atoms with Gasteiger partial charge >= 0.3 is 0 Å². The summed E-state index contributed by atoms with van der Waals surface area (Å²) in [5, 5.41) is 15.8. The molecule has 5 aromatic rings. The lowest BCUT2D eigenvalue weighted by Gasteiger charge is -2.33. The first-order chi connectivity index (χ1) is 18.3. The number of anilines is 1. The molecule has 196 valence electrons. The van der Waals surface area contributed by atoms with E-state index < -0.39 is 5.60 Å². The van der Waals surface area contributed by atoms with Gasteiger partial charge in [0, 0.05) is 49.4 Å². The van der Waals surface area contributed by atoms with Gasteiger partial charge in [-0.15, -0.1) is 0 Å². The van der Waals surface area contributed by atoms with Gasteiger partial charge in [0.1, 0.15) is 17.6 Å². The number of carbonyl (C=O) groups is 1. The number of para-hydroxylation sites is 1. The van der Waals surface area contributed by atoms with E-state index in [1.54, 1.807) is 17.9 Å². The molecule has 0 amide bonds. The number of aryl methyl sites for hydroxylation is 1. The van der Waals surface area contributed by atoms with Gasteiger partial charge in [0.25, 0.3) is 0 Å². The standard InChI is InChI=1S/C29H32N6O3/c1-29(2,37)8-9-33-10-11-34-24(14-21-6-5-7-23(33)26(21)34)28-31-22-12-19(18-36)13-25(38-4)27(22)35(28)17-20-15-30-32(3)16-20/h5-7,12-16,18,37H,8-11,17H2,1-4H3. The number of hydrogen-bond acceptors (Lipinski definition) is 6. The highest BCUT2D eigenvalue weighted by Gasteiger charge is 2.27. The zero-order valence-corrected chi connectivity index (χ0v) is 22.2. The van der Waals surface area contributed by atoms with Crippen molar-refractivity contribution >= 4 is 33.9 Å². The molecule has 3 aromatic heterocycles. The monoisotopic (exact) mass is 512 g/mol. The molecule has 0 spiro atoms. The van der Waals surface area contributed by atoms with Crippen LogP contribution in [0.4, 0.5) is 5.69 Å². The average Bonchev–Trinajstić information content (AvgIpc) is 3.58. The second-order valence-electron chi connectivity index (χ2n) is 10.7. The molecule has 0 fully saturated rings. The summed E-state index contributed by atoms with van der Waals surface area (Å²) < 4.78 is 12.0. The van der Waals surface area contributed by atoms with Crippen molar-refractivity contribution in [1.29, 1.82) is 0 Å². The van der Waals surface area contributed by atoms with Gasteiger partial charge in [-0.2, -0.15) is 5.10 Å². The number of nitrogens with zero attached hydrogens (tertiary/aromatic N) is 6. The van der Waals surface area contributed by atoms with Crippen molar-refractivity contribution in [2.24, 2.45) is 7.05 Å². The van der Waals surface area contributed by atoms with E-state index in [9.17, 15) is 9.90 Å². The first kappa shape index (κ1) is 24.2. The van der Waals surface area contributed by atoms with Crippen molar-refractivity contribution in [3.63, 3.8) is 0 Å². The maximum Gasteiger partial charge on any atom is 0.158 e. The lowest BCUT2D eigenvalue weighted by atomic mass is 10.0. The number of hydrogen-bond donors (Lipinski definition) is 1. The summed E-state index contributed by atoms with van der Waals surface area (Å²) in [5.74, 6) is 1.43. The third-order valence-corrected chi connectivity index (χ3v) is 7.34. The Bertz CT molecular complexity index is 1670. The normalized spacial score (nSPS) is 13.6. The molecule has 0 atom stereocenters. The molecular formula is C29H32N6O3. The molecule has 0 bridgehead atoms. The molecular weight excluding hydrogens is 480 g/mol. The van der Waals surface area contributed by atoms with E-state index in [0.29, 0.717) is 29.8 Å². The van der Waals surface area contributed by atoms with Crippen LogP contribution in [0.1, 0.15) is 36.2 Å². The minimum atomic E-state index is -0.713. The van der Waals surface area contributed by atoms with Crippen molar-refractivity contribution in [2.75, 3.05) is 25.1 Å². The summed E-state index contributed by atoms with van der Waals surface area (Å²) in [7, 11) is 3.52. The van der Waals surface area contributed by atoms with E-state index in [0.717, 1.165) is 53.9 Å². The number of benzene rings is 2. The summed E-state index contributed by atoms with van der Waals surface area (Å²) in [5.41, 5.74) is 5.77. The number of aliphatic hydroxyl groups is 1. The Morgan fingerprint density at radius 2 is 2.00 bits per heavy atom. The quantitative estimate of drug-likeness (QED) is 0.313. The lowest BCUT2D eigenvalue weighted by Crippen LogP contribution is -2.36. The number of rotatable bonds is 8. The Labute approximate surface area is 220 Å². The molecule has 4 heterocycles. The van der Waals surface area contributed by atoms with E-state index in [-0.39, 0.29) is 0 Å². The summed E-state index contributed by atoms with van der Waals surface area (Å²) >= 11 is 0. The molecule has 0 aliphatic carbocycles. The average molecular weight is 513 g/mol. The van der Waals surface area contributed by atoms with Gasteiger partial charge in [0.15, 0.2) is 5.82 Å². The van der Waals surface area contributed by atoms with E-state index >= 15 is 0 Å². The Balaban J connectivity index is 1.55. The van der Waals surface area contributed by atoms with Gasteiger partial charge in [-0.05, 0) is 44.5 Å². The molecule has 0 radical (unpaired) electrons. The van der Waals surface area contributed by atoms with Crippen LogP contribution in [0, 0.1) is 0 Å². The molecule has 1 N–H and O–H groups in total. The van der Waals surface area contributed by atoms with Crippen LogP contribution in [-0.4, -0.2) is 61.1 Å². The summed E-state index contributed by atoms with van der Waals surface area (Å²) in [6.45, 7) is 6.70. The Kier molecular flexibility index (Phi) is 5.75. The Morgan fingerprint density at radius 3 is 2.71 bits per heavy atom. The largest absolute Gasteiger partial charge is 0.494 e. The van der Waals surface area contributed by atoms with Gasteiger partial charge in [-0.1, -0.05) is 12.1 Å². The molecule has 1 aliphatic heterocycles. The minimum absolute atomic E-state index is 0.526. The Morgan fingerprint density at radius 1 is 1.16 bits per heavy atom. The molecule has 0 saturated carbocycles. The smallest absolute Gasteiger partial charge is 0.158 e. The molecule has 9 nitrogen and oxygen atoms in total. The summed E-state index contributed by atoms with van der Waals surface area (Å²) in [6, 6.07) is 12.2. The van der Waals surface area contributed by atoms with Crippen LogP contribution < -0.4 is 9.64 Å². The SMILES string of the molecule is COc1cc(C=O)cc2nc(-c3cc4cccc5c4n3CCN5CCC(C)(C)O)n(Cc3cnn(C)c3)c12. The second-order valence-corrected chi connectivity index (χ2v) is 10.7. The third-order valence-electron chi connectivity index (χ3n) is 7.34. The van der Waals surface area contributed by atoms with Gasteiger partial charge < -0.3 is 23.9 Å². The first-order valence-electron chi connectivity index (χ1n) is 12.9. The van der Waals surface area contributed by atoms with Crippen molar-refractivity contribution in [1.82, 2.24) is 23.9 Å². The Hall–Kier alpha value is -4.11. The number of imidazole rings is 1. The fourth-order valence-corrected chi connectivity index (χ4v) is 5.52. The van der Waals surface area contributed by atoms with Crippen molar-refractivity contribution in [3.8, 4) is 17.3 Å². The molecule has 6 rings (SSSR count). The number of fused-ring (bicyclic) bond motifs is 1. The topological polar surface area (TPSA) is 90.3 Å². The third kappa shape index (κ3) is 4.12. The van der Waals surface area contributed by atoms with Crippen LogP contribution >= 0.6 is 0 Å². The maximum absolute atomic E-state index is 11.7. The van der Waals surface area contributed by atoms with Gasteiger partial charge in [-0.25, -0.2) is 4.98 Å². The number of aldehydes is 1. The number of ether oxygens (including phenoxy) is 1. The molecule has 9 heteroatoms. The number of methoxy groups -OCH3 is 1. The van der Waals surface area contributed by atoms with Gasteiger partial charge in [-0.3, -0.25) is 9.48 Å². The number of aromatic nitrogens is 5. The van der Waals surface area contributed by atoms with E-state index in [4.69, 9.17) is 9.72 Å². The predicted octanol–water partition coefficient (Wildman–Crippen LogP) is 4.24. The zero-order valence-electron chi connectivity index (χ0n) is 22.2. The van der Waals surface area contributed by atoms with E-state index in [2.05, 4.69) is 43.4 Å². The van der Waals surface area contributed by atoms with Gasteiger partial charge in [0.2, 0.25) is 0 Å². The fraction of sp³-hybridized carbons (Fsp3) is 0.345. The molecule has 0 saturated heterocycles. The van der Waals surface area contributed by atoms with E-state index in [1.807, 2.05) is 39.4 Å². The fourth-order valence-electron chi connectivity index (χ4n) is 5.52. The highest BCUT2D eigenvalue weighted by atomic mass is 16.5. The van der Waals surface area contributed by atoms with Crippen LogP contribution in [0.2, 0.25) is 0 Å². The van der Waals surface area contributed by atoms with Crippen LogP contribution in [-0.2, 0) is 20.1 Å². The van der Waals surface area contributed by atoms with Crippen LogP contribution in [0.25, 0.3) is 33.5 Å². The molecule has 1 aliphatic rings. The van der Waals surface area contributed by atoms with Crippen LogP contribution in [0.5, 0.6) is 5.75 Å². The highest BCUT2D eigenvalue weighted by molar-refractivity contribution is 5.98. The van der Waals surface area contributed by atoms with Crippen LogP contribution in [0.15, 0.2) is 48.8 Å². The summed E-state index contributed by atoms with van der Waals surface area (Å²) in [4.78, 5) is 19.1. The minimum Gasteiger partial charge on any atom is -0.494 e. The first-order valence-corrected chi connectivity index (χ1v) is 12.9. The maximum atomic E-state index is 11.7. The van der Waals surface area contributed by atoms with Crippen molar-refractivity contribution in [2.45, 2.75) is 39.0 Å². The van der Waals surface area contributed by atoms with Crippen LogP contribution in [0.3, 0.4) is 0 Å². The lowest BCUT2D eigenvalue weighted by molar-refractivity contribution is 0.0730.